The van der Waals surface area contributed by atoms with E-state index in [1.165, 1.54) is 6.07 Å². The molecule has 0 unspecified atom stereocenters. The minimum atomic E-state index is -4.46. The van der Waals surface area contributed by atoms with Crippen LogP contribution in [-0.2, 0) is 18.0 Å². The minimum absolute atomic E-state index is 0.180. The van der Waals surface area contributed by atoms with Crippen molar-refractivity contribution in [3.05, 3.63) is 46.6 Å². The van der Waals surface area contributed by atoms with E-state index >= 15 is 0 Å². The van der Waals surface area contributed by atoms with Crippen molar-refractivity contribution in [3.63, 3.8) is 0 Å². The Hall–Kier alpha value is -1.99. The molecule has 0 spiro atoms. The first-order valence-corrected chi connectivity index (χ1v) is 8.06. The second-order valence-corrected chi connectivity index (χ2v) is 6.17. The number of benzene rings is 1. The number of aromatic nitrogens is 1. The number of ether oxygens (including phenoxy) is 1. The zero-order valence-electron chi connectivity index (χ0n) is 13.4. The first-order valence-electron chi connectivity index (χ1n) is 7.69. The molecule has 134 valence electrons. The largest absolute Gasteiger partial charge is 0.416 e. The molecule has 0 aliphatic carbocycles. The van der Waals surface area contributed by atoms with Crippen LogP contribution in [0, 0.1) is 0 Å². The quantitative estimate of drug-likeness (QED) is 0.802. The van der Waals surface area contributed by atoms with E-state index in [4.69, 9.17) is 16.3 Å². The van der Waals surface area contributed by atoms with Crippen molar-refractivity contribution < 1.29 is 22.7 Å². The number of hydrogen-bond acceptors (Lipinski definition) is 2. The molecule has 1 aliphatic heterocycles. The molecule has 1 amide bonds. The predicted molar refractivity (Wildman–Crippen MR) is 87.6 cm³/mol. The molecule has 1 aromatic heterocycles. The van der Waals surface area contributed by atoms with E-state index in [-0.39, 0.29) is 16.5 Å². The molecular weight excluding hydrogens is 357 g/mol. The van der Waals surface area contributed by atoms with Crippen LogP contribution < -0.4 is 0 Å². The maximum absolute atomic E-state index is 13.0. The van der Waals surface area contributed by atoms with Crippen molar-refractivity contribution in [2.75, 3.05) is 26.3 Å². The van der Waals surface area contributed by atoms with Gasteiger partial charge in [0.05, 0.1) is 18.8 Å². The Morgan fingerprint density at radius 2 is 1.84 bits per heavy atom. The smallest absolute Gasteiger partial charge is 0.378 e. The fraction of sp³-hybridized carbons (Fsp3) is 0.353. The van der Waals surface area contributed by atoms with Crippen LogP contribution in [-0.4, -0.2) is 41.7 Å². The highest BCUT2D eigenvalue weighted by atomic mass is 35.5. The minimum Gasteiger partial charge on any atom is -0.378 e. The summed E-state index contributed by atoms with van der Waals surface area (Å²) in [6.07, 6.45) is -4.46. The molecular formula is C17H16ClF3N2O2. The third-order valence-corrected chi connectivity index (χ3v) is 4.54. The SMILES string of the molecule is Cn1c(C(=O)N2CCOCC2)ccc1-c1cc(C(F)(F)F)ccc1Cl. The topological polar surface area (TPSA) is 34.5 Å². The average molecular weight is 373 g/mol. The molecule has 2 heterocycles. The number of alkyl halides is 3. The molecule has 0 N–H and O–H groups in total. The third-order valence-electron chi connectivity index (χ3n) is 4.21. The Morgan fingerprint density at radius 3 is 2.48 bits per heavy atom. The Bertz CT molecular complexity index is 796. The zero-order valence-corrected chi connectivity index (χ0v) is 14.2. The van der Waals surface area contributed by atoms with Gasteiger partial charge in [0.2, 0.25) is 0 Å². The highest BCUT2D eigenvalue weighted by Gasteiger charge is 2.31. The van der Waals surface area contributed by atoms with Gasteiger partial charge in [-0.1, -0.05) is 11.6 Å². The molecule has 3 rings (SSSR count). The fourth-order valence-corrected chi connectivity index (χ4v) is 3.04. The van der Waals surface area contributed by atoms with Crippen molar-refractivity contribution in [2.45, 2.75) is 6.18 Å². The summed E-state index contributed by atoms with van der Waals surface area (Å²) < 4.78 is 45.7. The van der Waals surface area contributed by atoms with Gasteiger partial charge in [0, 0.05) is 36.4 Å². The molecule has 0 atom stereocenters. The van der Waals surface area contributed by atoms with Gasteiger partial charge in [-0.15, -0.1) is 0 Å². The van der Waals surface area contributed by atoms with Crippen LogP contribution in [0.5, 0.6) is 0 Å². The predicted octanol–water partition coefficient (Wildman–Crippen LogP) is 3.84. The number of rotatable bonds is 2. The summed E-state index contributed by atoms with van der Waals surface area (Å²) in [5.41, 5.74) is 0.298. The summed E-state index contributed by atoms with van der Waals surface area (Å²) in [5, 5.41) is 0.194. The number of morpholine rings is 1. The Kier molecular flexibility index (Phi) is 4.79. The molecule has 4 nitrogen and oxygen atoms in total. The fourth-order valence-electron chi connectivity index (χ4n) is 2.82. The van der Waals surface area contributed by atoms with Gasteiger partial charge in [-0.25, -0.2) is 0 Å². The van der Waals surface area contributed by atoms with Gasteiger partial charge in [-0.2, -0.15) is 13.2 Å². The molecule has 8 heteroatoms. The van der Waals surface area contributed by atoms with Gasteiger partial charge in [-0.05, 0) is 30.3 Å². The van der Waals surface area contributed by atoms with E-state index < -0.39 is 11.7 Å². The lowest BCUT2D eigenvalue weighted by molar-refractivity contribution is -0.137. The summed E-state index contributed by atoms with van der Waals surface area (Å²) >= 11 is 6.10. The van der Waals surface area contributed by atoms with Crippen molar-refractivity contribution in [3.8, 4) is 11.3 Å². The number of halogens is 4. The van der Waals surface area contributed by atoms with E-state index in [0.717, 1.165) is 12.1 Å². The van der Waals surface area contributed by atoms with Gasteiger partial charge >= 0.3 is 6.18 Å². The maximum Gasteiger partial charge on any atom is 0.416 e. The van der Waals surface area contributed by atoms with Gasteiger partial charge in [0.15, 0.2) is 0 Å². The lowest BCUT2D eigenvalue weighted by atomic mass is 10.1. The summed E-state index contributed by atoms with van der Waals surface area (Å²) in [6.45, 7) is 1.93. The van der Waals surface area contributed by atoms with Crippen molar-refractivity contribution in [1.82, 2.24) is 9.47 Å². The molecule has 0 radical (unpaired) electrons. The van der Waals surface area contributed by atoms with E-state index in [9.17, 15) is 18.0 Å². The van der Waals surface area contributed by atoms with Gasteiger partial charge < -0.3 is 14.2 Å². The lowest BCUT2D eigenvalue weighted by Crippen LogP contribution is -2.41. The summed E-state index contributed by atoms with van der Waals surface area (Å²) in [4.78, 5) is 14.3. The van der Waals surface area contributed by atoms with E-state index in [0.29, 0.717) is 37.7 Å². The third kappa shape index (κ3) is 3.52. The normalized spacial score (nSPS) is 15.5. The van der Waals surface area contributed by atoms with Gasteiger partial charge in [0.1, 0.15) is 5.69 Å². The summed E-state index contributed by atoms with van der Waals surface area (Å²) in [6, 6.07) is 6.37. The first-order chi connectivity index (χ1) is 11.8. The number of carbonyl (C=O) groups is 1. The number of hydrogen-bond donors (Lipinski definition) is 0. The molecule has 1 aromatic carbocycles. The second-order valence-electron chi connectivity index (χ2n) is 5.76. The first kappa shape index (κ1) is 17.8. The summed E-state index contributed by atoms with van der Waals surface area (Å²) in [5.74, 6) is -0.180. The average Bonchev–Trinajstić information content (AvgIpc) is 2.96. The zero-order chi connectivity index (χ0) is 18.2. The number of carbonyl (C=O) groups excluding carboxylic acids is 1. The summed E-state index contributed by atoms with van der Waals surface area (Å²) in [7, 11) is 1.64. The van der Waals surface area contributed by atoms with E-state index in [1.54, 1.807) is 28.6 Å². The van der Waals surface area contributed by atoms with Gasteiger partial charge in [-0.3, -0.25) is 4.79 Å². The molecule has 1 aliphatic rings. The monoisotopic (exact) mass is 372 g/mol. The van der Waals surface area contributed by atoms with Gasteiger partial charge in [0.25, 0.3) is 5.91 Å². The van der Waals surface area contributed by atoms with Crippen molar-refractivity contribution in [2.24, 2.45) is 7.05 Å². The molecule has 1 fully saturated rings. The number of nitrogens with zero attached hydrogens (tertiary/aromatic N) is 2. The standard InChI is InChI=1S/C17H16ClF3N2O2/c1-22-14(12-10-11(17(19,20)21)2-3-13(12)18)4-5-15(22)16(24)23-6-8-25-9-7-23/h2-5,10H,6-9H2,1H3. The second kappa shape index (κ2) is 6.72. The maximum atomic E-state index is 13.0. The van der Waals surface area contributed by atoms with E-state index in [1.807, 2.05) is 0 Å². The van der Waals surface area contributed by atoms with Crippen LogP contribution in [0.2, 0.25) is 5.02 Å². The lowest BCUT2D eigenvalue weighted by Gasteiger charge is -2.27. The van der Waals surface area contributed by atoms with Crippen LogP contribution in [0.4, 0.5) is 13.2 Å². The molecule has 25 heavy (non-hydrogen) atoms. The van der Waals surface area contributed by atoms with Crippen molar-refractivity contribution >= 4 is 17.5 Å². The van der Waals surface area contributed by atoms with E-state index in [2.05, 4.69) is 0 Å². The molecule has 0 saturated carbocycles. The highest BCUT2D eigenvalue weighted by molar-refractivity contribution is 6.33. The van der Waals surface area contributed by atoms with Crippen LogP contribution >= 0.6 is 11.6 Å². The van der Waals surface area contributed by atoms with Crippen LogP contribution in [0.25, 0.3) is 11.3 Å². The molecule has 2 aromatic rings. The Labute approximate surface area is 147 Å². The van der Waals surface area contributed by atoms with Crippen molar-refractivity contribution in [1.29, 1.82) is 0 Å². The number of amides is 1. The molecule has 0 bridgehead atoms. The Morgan fingerprint density at radius 1 is 1.16 bits per heavy atom. The van der Waals surface area contributed by atoms with Crippen LogP contribution in [0.15, 0.2) is 30.3 Å². The molecule has 1 saturated heterocycles. The van der Waals surface area contributed by atoms with Crippen LogP contribution in [0.3, 0.4) is 0 Å². The van der Waals surface area contributed by atoms with Crippen LogP contribution in [0.1, 0.15) is 16.1 Å². The highest BCUT2D eigenvalue weighted by Crippen LogP contribution is 2.36. The Balaban J connectivity index is 1.97.